The molecule has 2 aromatic carbocycles. The molecule has 0 atom stereocenters. The molecule has 0 bridgehead atoms. The van der Waals surface area contributed by atoms with Gasteiger partial charge in [0.2, 0.25) is 0 Å². The first-order valence-electron chi connectivity index (χ1n) is 6.62. The lowest BCUT2D eigenvalue weighted by Crippen LogP contribution is -2.23. The van der Waals surface area contributed by atoms with Crippen molar-refractivity contribution >= 4 is 38.1 Å². The Morgan fingerprint density at radius 3 is 2.26 bits per heavy atom. The van der Waals surface area contributed by atoms with Crippen LogP contribution in [0.1, 0.15) is 13.8 Å². The fourth-order valence-corrected chi connectivity index (χ4v) is 2.84. The molecular weight excluding hydrogens is 320 g/mol. The number of fused-ring (bicyclic) bond motifs is 1. The molecule has 23 heavy (non-hydrogen) atoms. The lowest BCUT2D eigenvalue weighted by atomic mass is 10.1. The van der Waals surface area contributed by atoms with Gasteiger partial charge in [-0.1, -0.05) is 24.3 Å². The fraction of sp³-hybridized carbons (Fsp3) is 0.200. The molecule has 0 spiro atoms. The van der Waals surface area contributed by atoms with Crippen LogP contribution in [0.3, 0.4) is 0 Å². The van der Waals surface area contributed by atoms with Crippen molar-refractivity contribution in [2.75, 3.05) is 0 Å². The zero-order valence-corrected chi connectivity index (χ0v) is 13.2. The molecule has 0 unspecified atom stereocenters. The summed E-state index contributed by atoms with van der Waals surface area (Å²) < 4.78 is 32.4. The molecule has 0 radical (unpaired) electrons. The van der Waals surface area contributed by atoms with Crippen LogP contribution >= 0.6 is 0 Å². The second kappa shape index (κ2) is 6.35. The highest BCUT2D eigenvalue weighted by molar-refractivity contribution is 7.86. The largest absolute Gasteiger partial charge is 0.297 e. The van der Waals surface area contributed by atoms with Gasteiger partial charge in [-0.25, -0.2) is 0 Å². The van der Waals surface area contributed by atoms with E-state index in [1.165, 1.54) is 13.8 Å². The first kappa shape index (κ1) is 16.9. The zero-order chi connectivity index (χ0) is 17.2. The SMILES string of the molecule is CC(=O)C(N=Nc1cc(S(=O)(=O)O)c2ccccc2c1)C(C)=O. The summed E-state index contributed by atoms with van der Waals surface area (Å²) in [5.74, 6) is -0.922. The van der Waals surface area contributed by atoms with E-state index in [1.54, 1.807) is 30.3 Å². The molecule has 0 aromatic heterocycles. The minimum atomic E-state index is -4.46. The van der Waals surface area contributed by atoms with Crippen LogP contribution in [0.15, 0.2) is 51.5 Å². The van der Waals surface area contributed by atoms with Gasteiger partial charge < -0.3 is 0 Å². The summed E-state index contributed by atoms with van der Waals surface area (Å²) in [4.78, 5) is 22.4. The molecule has 0 amide bonds. The fourth-order valence-electron chi connectivity index (χ4n) is 2.10. The Bertz CT molecular complexity index is 905. The van der Waals surface area contributed by atoms with Crippen LogP contribution in [0.4, 0.5) is 5.69 Å². The van der Waals surface area contributed by atoms with E-state index in [0.29, 0.717) is 10.8 Å². The summed E-state index contributed by atoms with van der Waals surface area (Å²) in [7, 11) is -4.46. The molecular formula is C15H14N2O5S. The van der Waals surface area contributed by atoms with E-state index in [9.17, 15) is 22.6 Å². The predicted octanol–water partition coefficient (Wildman–Crippen LogP) is 2.72. The Morgan fingerprint density at radius 2 is 1.70 bits per heavy atom. The van der Waals surface area contributed by atoms with Crippen LogP contribution in [-0.4, -0.2) is 30.6 Å². The third-order valence-electron chi connectivity index (χ3n) is 3.15. The number of hydrogen-bond acceptors (Lipinski definition) is 6. The van der Waals surface area contributed by atoms with E-state index in [2.05, 4.69) is 10.2 Å². The molecule has 8 heteroatoms. The molecule has 0 aliphatic carbocycles. The van der Waals surface area contributed by atoms with Gasteiger partial charge in [0.1, 0.15) is 4.90 Å². The minimum absolute atomic E-state index is 0.115. The number of rotatable bonds is 5. The van der Waals surface area contributed by atoms with E-state index < -0.39 is 27.7 Å². The van der Waals surface area contributed by atoms with Gasteiger partial charge in [-0.3, -0.25) is 14.1 Å². The van der Waals surface area contributed by atoms with Crippen LogP contribution in [0.25, 0.3) is 10.8 Å². The molecule has 0 heterocycles. The molecule has 0 fully saturated rings. The quantitative estimate of drug-likeness (QED) is 0.513. The van der Waals surface area contributed by atoms with Gasteiger partial charge in [-0.05, 0) is 31.4 Å². The topological polar surface area (TPSA) is 113 Å². The van der Waals surface area contributed by atoms with E-state index in [1.807, 2.05) is 0 Å². The smallest absolute Gasteiger partial charge is 0.295 e. The molecule has 2 aromatic rings. The number of hydrogen-bond donors (Lipinski definition) is 1. The summed E-state index contributed by atoms with van der Waals surface area (Å²) in [6.45, 7) is 2.43. The Balaban J connectivity index is 2.59. The number of benzene rings is 2. The van der Waals surface area contributed by atoms with Gasteiger partial charge in [0, 0.05) is 5.39 Å². The summed E-state index contributed by atoms with van der Waals surface area (Å²) in [6.07, 6.45) is 0. The normalized spacial score (nSPS) is 12.2. The average Bonchev–Trinajstić information content (AvgIpc) is 2.44. The monoisotopic (exact) mass is 334 g/mol. The Hall–Kier alpha value is -2.45. The van der Waals surface area contributed by atoms with Crippen LogP contribution < -0.4 is 0 Å². The van der Waals surface area contributed by atoms with Gasteiger partial charge in [0.05, 0.1) is 5.69 Å². The Labute approximate surface area is 132 Å². The van der Waals surface area contributed by atoms with Crippen molar-refractivity contribution in [3.8, 4) is 0 Å². The molecule has 120 valence electrons. The van der Waals surface area contributed by atoms with Crippen molar-refractivity contribution in [3.05, 3.63) is 36.4 Å². The van der Waals surface area contributed by atoms with E-state index in [4.69, 9.17) is 0 Å². The molecule has 0 aliphatic heterocycles. The minimum Gasteiger partial charge on any atom is -0.297 e. The number of carbonyl (C=O) groups excluding carboxylic acids is 2. The second-order valence-corrected chi connectivity index (χ2v) is 6.37. The highest BCUT2D eigenvalue weighted by Crippen LogP contribution is 2.29. The Morgan fingerprint density at radius 1 is 1.09 bits per heavy atom. The average molecular weight is 334 g/mol. The standard InChI is InChI=1S/C15H14N2O5S/c1-9(18)15(10(2)19)17-16-12-7-11-5-3-4-6-13(11)14(8-12)23(20,21)22/h3-8,15H,1-2H3,(H,20,21,22). The first-order chi connectivity index (χ1) is 10.7. The number of ketones is 2. The third-order valence-corrected chi connectivity index (χ3v) is 4.04. The number of Topliss-reactive ketones (excluding diaryl/α,β-unsaturated/α-hetero) is 2. The zero-order valence-electron chi connectivity index (χ0n) is 12.4. The maximum atomic E-state index is 11.5. The highest BCUT2D eigenvalue weighted by Gasteiger charge is 2.19. The van der Waals surface area contributed by atoms with Crippen molar-refractivity contribution in [3.63, 3.8) is 0 Å². The number of azo groups is 1. The van der Waals surface area contributed by atoms with Crippen molar-refractivity contribution < 1.29 is 22.6 Å². The lowest BCUT2D eigenvalue weighted by Gasteiger charge is -2.06. The number of carbonyl (C=O) groups is 2. The summed E-state index contributed by atoms with van der Waals surface area (Å²) in [6, 6.07) is 7.99. The van der Waals surface area contributed by atoms with Gasteiger partial charge >= 0.3 is 0 Å². The lowest BCUT2D eigenvalue weighted by molar-refractivity contribution is -0.126. The molecule has 0 aliphatic rings. The predicted molar refractivity (Wildman–Crippen MR) is 83.4 cm³/mol. The van der Waals surface area contributed by atoms with Crippen LogP contribution in [0, 0.1) is 0 Å². The molecule has 7 nitrogen and oxygen atoms in total. The maximum absolute atomic E-state index is 11.5. The van der Waals surface area contributed by atoms with Crippen molar-refractivity contribution in [2.24, 2.45) is 10.2 Å². The summed E-state index contributed by atoms with van der Waals surface area (Å²) in [5.41, 5.74) is 0.115. The van der Waals surface area contributed by atoms with Crippen molar-refractivity contribution in [1.29, 1.82) is 0 Å². The van der Waals surface area contributed by atoms with E-state index in [0.717, 1.165) is 6.07 Å². The van der Waals surface area contributed by atoms with Gasteiger partial charge in [0.15, 0.2) is 17.6 Å². The third kappa shape index (κ3) is 3.85. The molecule has 0 saturated heterocycles. The van der Waals surface area contributed by atoms with Crippen molar-refractivity contribution in [1.82, 2.24) is 0 Å². The van der Waals surface area contributed by atoms with Crippen LogP contribution in [0.2, 0.25) is 0 Å². The van der Waals surface area contributed by atoms with Gasteiger partial charge in [-0.15, -0.1) is 0 Å². The van der Waals surface area contributed by atoms with Gasteiger partial charge in [-0.2, -0.15) is 18.6 Å². The van der Waals surface area contributed by atoms with E-state index >= 15 is 0 Å². The molecule has 2 rings (SSSR count). The maximum Gasteiger partial charge on any atom is 0.295 e. The van der Waals surface area contributed by atoms with Crippen molar-refractivity contribution in [2.45, 2.75) is 24.8 Å². The molecule has 0 saturated carbocycles. The number of nitrogens with zero attached hydrogens (tertiary/aromatic N) is 2. The first-order valence-corrected chi connectivity index (χ1v) is 8.06. The highest BCUT2D eigenvalue weighted by atomic mass is 32.2. The Kier molecular flexibility index (Phi) is 4.67. The molecule has 1 N–H and O–H groups in total. The van der Waals surface area contributed by atoms with Crippen LogP contribution in [0.5, 0.6) is 0 Å². The van der Waals surface area contributed by atoms with Crippen LogP contribution in [-0.2, 0) is 19.7 Å². The summed E-state index contributed by atoms with van der Waals surface area (Å²) >= 11 is 0. The second-order valence-electron chi connectivity index (χ2n) is 4.98. The van der Waals surface area contributed by atoms with Gasteiger partial charge in [0.25, 0.3) is 10.1 Å². The van der Waals surface area contributed by atoms with E-state index in [-0.39, 0.29) is 10.6 Å². The summed E-state index contributed by atoms with van der Waals surface area (Å²) in [5, 5.41) is 8.32.